The van der Waals surface area contributed by atoms with E-state index in [1.165, 1.54) is 28.7 Å². The average molecular weight is 225 g/mol. The minimum absolute atomic E-state index is 0.608. The zero-order chi connectivity index (χ0) is 12.1. The van der Waals surface area contributed by atoms with Gasteiger partial charge < -0.3 is 5.73 Å². The van der Waals surface area contributed by atoms with Crippen molar-refractivity contribution in [2.45, 2.75) is 26.3 Å². The smallest absolute Gasteiger partial charge is 0.0178 e. The van der Waals surface area contributed by atoms with Crippen LogP contribution in [0.3, 0.4) is 0 Å². The van der Waals surface area contributed by atoms with Crippen LogP contribution in [0.1, 0.15) is 24.5 Å². The predicted molar refractivity (Wildman–Crippen MR) is 73.8 cm³/mol. The molecule has 0 spiro atoms. The highest BCUT2D eigenvalue weighted by Gasteiger charge is 2.03. The van der Waals surface area contributed by atoms with Gasteiger partial charge in [-0.15, -0.1) is 0 Å². The van der Waals surface area contributed by atoms with Crippen molar-refractivity contribution in [1.82, 2.24) is 0 Å². The normalized spacial score (nSPS) is 10.5. The third-order valence-corrected chi connectivity index (χ3v) is 3.04. The van der Waals surface area contributed by atoms with Crippen LogP contribution in [0.2, 0.25) is 0 Å². The summed E-state index contributed by atoms with van der Waals surface area (Å²) < 4.78 is 0. The number of hydrogen-bond donors (Lipinski definition) is 1. The van der Waals surface area contributed by atoms with Crippen LogP contribution in [0.5, 0.6) is 0 Å². The molecule has 17 heavy (non-hydrogen) atoms. The maximum absolute atomic E-state index is 5.62. The van der Waals surface area contributed by atoms with Crippen LogP contribution in [0.15, 0.2) is 48.5 Å². The summed E-state index contributed by atoms with van der Waals surface area (Å²) in [6, 6.07) is 17.2. The first-order valence-corrected chi connectivity index (χ1v) is 6.22. The Morgan fingerprint density at radius 1 is 0.941 bits per heavy atom. The van der Waals surface area contributed by atoms with Gasteiger partial charge in [0.15, 0.2) is 0 Å². The van der Waals surface area contributed by atoms with Crippen molar-refractivity contribution in [3.8, 4) is 11.1 Å². The van der Waals surface area contributed by atoms with E-state index in [1.807, 2.05) is 0 Å². The standard InChI is InChI=1S/C16H19N/c1-2-5-14-6-3-4-7-16(14)15-10-8-13(12-17)9-11-15/h3-4,6-11H,2,5,12,17H2,1H3. The lowest BCUT2D eigenvalue weighted by atomic mass is 9.96. The quantitative estimate of drug-likeness (QED) is 0.842. The molecule has 0 fully saturated rings. The number of hydrogen-bond acceptors (Lipinski definition) is 1. The third-order valence-electron chi connectivity index (χ3n) is 3.04. The van der Waals surface area contributed by atoms with Gasteiger partial charge in [0.1, 0.15) is 0 Å². The Kier molecular flexibility index (Phi) is 3.94. The lowest BCUT2D eigenvalue weighted by molar-refractivity contribution is 0.923. The second-order valence-corrected chi connectivity index (χ2v) is 4.31. The van der Waals surface area contributed by atoms with Gasteiger partial charge in [-0.25, -0.2) is 0 Å². The van der Waals surface area contributed by atoms with Crippen LogP contribution in [0, 0.1) is 0 Å². The summed E-state index contributed by atoms with van der Waals surface area (Å²) in [5.41, 5.74) is 10.9. The fourth-order valence-corrected chi connectivity index (χ4v) is 2.11. The number of aryl methyl sites for hydroxylation is 1. The van der Waals surface area contributed by atoms with E-state index in [2.05, 4.69) is 55.5 Å². The monoisotopic (exact) mass is 225 g/mol. The molecule has 0 aliphatic heterocycles. The van der Waals surface area contributed by atoms with Crippen LogP contribution in [-0.4, -0.2) is 0 Å². The Balaban J connectivity index is 2.37. The van der Waals surface area contributed by atoms with E-state index >= 15 is 0 Å². The molecule has 0 heterocycles. The Morgan fingerprint density at radius 2 is 1.65 bits per heavy atom. The van der Waals surface area contributed by atoms with Crippen molar-refractivity contribution in [1.29, 1.82) is 0 Å². The highest BCUT2D eigenvalue weighted by molar-refractivity contribution is 5.67. The molecule has 0 atom stereocenters. The van der Waals surface area contributed by atoms with Gasteiger partial charge >= 0.3 is 0 Å². The van der Waals surface area contributed by atoms with Gasteiger partial charge in [-0.05, 0) is 28.7 Å². The van der Waals surface area contributed by atoms with E-state index < -0.39 is 0 Å². The van der Waals surface area contributed by atoms with Crippen LogP contribution in [0.4, 0.5) is 0 Å². The van der Waals surface area contributed by atoms with E-state index in [9.17, 15) is 0 Å². The van der Waals surface area contributed by atoms with Crippen LogP contribution in [-0.2, 0) is 13.0 Å². The fraction of sp³-hybridized carbons (Fsp3) is 0.250. The molecule has 0 unspecified atom stereocenters. The molecule has 1 nitrogen and oxygen atoms in total. The van der Waals surface area contributed by atoms with E-state index in [-0.39, 0.29) is 0 Å². The number of benzene rings is 2. The largest absolute Gasteiger partial charge is 0.326 e. The summed E-state index contributed by atoms with van der Waals surface area (Å²) in [7, 11) is 0. The molecule has 2 N–H and O–H groups in total. The lowest BCUT2D eigenvalue weighted by Gasteiger charge is -2.09. The van der Waals surface area contributed by atoms with E-state index in [1.54, 1.807) is 0 Å². The molecule has 2 rings (SSSR count). The molecule has 1 heteroatoms. The summed E-state index contributed by atoms with van der Waals surface area (Å²) in [6.07, 6.45) is 2.31. The fourth-order valence-electron chi connectivity index (χ4n) is 2.11. The highest BCUT2D eigenvalue weighted by Crippen LogP contribution is 2.24. The van der Waals surface area contributed by atoms with Crippen LogP contribution >= 0.6 is 0 Å². The minimum atomic E-state index is 0.608. The van der Waals surface area contributed by atoms with Gasteiger partial charge in [-0.3, -0.25) is 0 Å². The topological polar surface area (TPSA) is 26.0 Å². The van der Waals surface area contributed by atoms with Gasteiger partial charge in [0.25, 0.3) is 0 Å². The first kappa shape index (κ1) is 11.9. The second kappa shape index (κ2) is 5.65. The maximum Gasteiger partial charge on any atom is 0.0178 e. The molecule has 0 bridgehead atoms. The molecule has 2 aromatic rings. The molecule has 0 aliphatic carbocycles. The molecular formula is C16H19N. The Labute approximate surface area is 103 Å². The Hall–Kier alpha value is -1.60. The highest BCUT2D eigenvalue weighted by atomic mass is 14.5. The predicted octanol–water partition coefficient (Wildman–Crippen LogP) is 3.76. The van der Waals surface area contributed by atoms with Gasteiger partial charge in [-0.1, -0.05) is 61.9 Å². The molecule has 0 radical (unpaired) electrons. The molecule has 2 aromatic carbocycles. The Morgan fingerprint density at radius 3 is 2.29 bits per heavy atom. The van der Waals surface area contributed by atoms with Gasteiger partial charge in [-0.2, -0.15) is 0 Å². The zero-order valence-electron chi connectivity index (χ0n) is 10.3. The van der Waals surface area contributed by atoms with Crippen molar-refractivity contribution < 1.29 is 0 Å². The van der Waals surface area contributed by atoms with Crippen LogP contribution in [0.25, 0.3) is 11.1 Å². The van der Waals surface area contributed by atoms with Gasteiger partial charge in [0.05, 0.1) is 0 Å². The van der Waals surface area contributed by atoms with Crippen molar-refractivity contribution >= 4 is 0 Å². The summed E-state index contributed by atoms with van der Waals surface area (Å²) in [4.78, 5) is 0. The van der Waals surface area contributed by atoms with Gasteiger partial charge in [0.2, 0.25) is 0 Å². The summed E-state index contributed by atoms with van der Waals surface area (Å²) >= 11 is 0. The first-order chi connectivity index (χ1) is 8.35. The minimum Gasteiger partial charge on any atom is -0.326 e. The SMILES string of the molecule is CCCc1ccccc1-c1ccc(CN)cc1. The molecular weight excluding hydrogens is 206 g/mol. The first-order valence-electron chi connectivity index (χ1n) is 6.22. The third kappa shape index (κ3) is 2.75. The van der Waals surface area contributed by atoms with E-state index in [0.717, 1.165) is 6.42 Å². The van der Waals surface area contributed by atoms with Crippen molar-refractivity contribution in [3.05, 3.63) is 59.7 Å². The lowest BCUT2D eigenvalue weighted by Crippen LogP contribution is -1.95. The van der Waals surface area contributed by atoms with E-state index in [4.69, 9.17) is 5.73 Å². The summed E-state index contributed by atoms with van der Waals surface area (Å²) in [5, 5.41) is 0. The molecule has 0 saturated carbocycles. The number of nitrogens with two attached hydrogens (primary N) is 1. The maximum atomic E-state index is 5.62. The molecule has 0 aliphatic rings. The second-order valence-electron chi connectivity index (χ2n) is 4.31. The molecule has 0 aromatic heterocycles. The molecule has 0 amide bonds. The number of rotatable bonds is 4. The van der Waals surface area contributed by atoms with E-state index in [0.29, 0.717) is 6.54 Å². The average Bonchev–Trinajstić information content (AvgIpc) is 2.40. The van der Waals surface area contributed by atoms with Crippen molar-refractivity contribution in [3.63, 3.8) is 0 Å². The van der Waals surface area contributed by atoms with Crippen molar-refractivity contribution in [2.75, 3.05) is 0 Å². The molecule has 0 saturated heterocycles. The zero-order valence-corrected chi connectivity index (χ0v) is 10.3. The molecule has 88 valence electrons. The van der Waals surface area contributed by atoms with Crippen LogP contribution < -0.4 is 5.73 Å². The van der Waals surface area contributed by atoms with Gasteiger partial charge in [0, 0.05) is 6.54 Å². The summed E-state index contributed by atoms with van der Waals surface area (Å²) in [6.45, 7) is 2.82. The Bertz CT molecular complexity index is 471. The van der Waals surface area contributed by atoms with Crippen molar-refractivity contribution in [2.24, 2.45) is 5.73 Å². The summed E-state index contributed by atoms with van der Waals surface area (Å²) in [5.74, 6) is 0.